The summed E-state index contributed by atoms with van der Waals surface area (Å²) in [6.45, 7) is 4.87. The SMILES string of the molecule is CNC(=O)C1(C)CCN(C(=O)C(N)c2ccc(C)cc2)C1. The van der Waals surface area contributed by atoms with Crippen LogP contribution in [0, 0.1) is 12.3 Å². The van der Waals surface area contributed by atoms with Gasteiger partial charge in [0.2, 0.25) is 11.8 Å². The van der Waals surface area contributed by atoms with Gasteiger partial charge in [-0.3, -0.25) is 9.59 Å². The number of nitrogens with two attached hydrogens (primary N) is 1. The van der Waals surface area contributed by atoms with Crippen molar-refractivity contribution in [2.75, 3.05) is 20.1 Å². The van der Waals surface area contributed by atoms with Crippen molar-refractivity contribution >= 4 is 11.8 Å². The van der Waals surface area contributed by atoms with E-state index in [1.807, 2.05) is 38.1 Å². The molecule has 2 rings (SSSR count). The molecule has 1 heterocycles. The predicted octanol–water partition coefficient (Wildman–Crippen LogP) is 0.979. The van der Waals surface area contributed by atoms with Crippen LogP contribution in [0.4, 0.5) is 0 Å². The third-order valence-corrected chi connectivity index (χ3v) is 4.26. The minimum Gasteiger partial charge on any atom is -0.359 e. The van der Waals surface area contributed by atoms with E-state index in [2.05, 4.69) is 5.32 Å². The van der Waals surface area contributed by atoms with Crippen molar-refractivity contribution in [2.45, 2.75) is 26.3 Å². The summed E-state index contributed by atoms with van der Waals surface area (Å²) in [4.78, 5) is 26.1. The first-order valence-corrected chi connectivity index (χ1v) is 7.20. The Morgan fingerprint density at radius 2 is 1.95 bits per heavy atom. The van der Waals surface area contributed by atoms with E-state index in [0.29, 0.717) is 19.5 Å². The fourth-order valence-corrected chi connectivity index (χ4v) is 2.75. The minimum absolute atomic E-state index is 0.0262. The zero-order chi connectivity index (χ0) is 15.6. The maximum absolute atomic E-state index is 12.5. The number of nitrogens with zero attached hydrogens (tertiary/aromatic N) is 1. The highest BCUT2D eigenvalue weighted by atomic mass is 16.2. The molecule has 5 nitrogen and oxygen atoms in total. The van der Waals surface area contributed by atoms with Crippen molar-refractivity contribution in [2.24, 2.45) is 11.1 Å². The number of hydrogen-bond donors (Lipinski definition) is 2. The molecule has 1 aromatic carbocycles. The maximum Gasteiger partial charge on any atom is 0.244 e. The van der Waals surface area contributed by atoms with Gasteiger partial charge in [0.15, 0.2) is 0 Å². The lowest BCUT2D eigenvalue weighted by Gasteiger charge is -2.24. The van der Waals surface area contributed by atoms with Gasteiger partial charge < -0.3 is 16.0 Å². The molecule has 5 heteroatoms. The fraction of sp³-hybridized carbons (Fsp3) is 0.500. The first kappa shape index (κ1) is 15.5. The van der Waals surface area contributed by atoms with Gasteiger partial charge in [0.1, 0.15) is 6.04 Å². The molecule has 114 valence electrons. The molecule has 2 atom stereocenters. The first-order chi connectivity index (χ1) is 9.87. The Kier molecular flexibility index (Phi) is 4.32. The summed E-state index contributed by atoms with van der Waals surface area (Å²) >= 11 is 0. The van der Waals surface area contributed by atoms with Gasteiger partial charge in [-0.25, -0.2) is 0 Å². The van der Waals surface area contributed by atoms with Gasteiger partial charge in [0.25, 0.3) is 0 Å². The predicted molar refractivity (Wildman–Crippen MR) is 81.5 cm³/mol. The van der Waals surface area contributed by atoms with E-state index < -0.39 is 11.5 Å². The van der Waals surface area contributed by atoms with Crippen molar-refractivity contribution in [3.8, 4) is 0 Å². The van der Waals surface area contributed by atoms with Crippen LogP contribution in [-0.4, -0.2) is 36.9 Å². The molecule has 2 amide bonds. The number of rotatable bonds is 3. The number of likely N-dealkylation sites (tertiary alicyclic amines) is 1. The van der Waals surface area contributed by atoms with Crippen molar-refractivity contribution in [3.63, 3.8) is 0 Å². The molecule has 0 spiro atoms. The highest BCUT2D eigenvalue weighted by molar-refractivity contribution is 5.87. The van der Waals surface area contributed by atoms with Gasteiger partial charge in [0.05, 0.1) is 5.41 Å². The quantitative estimate of drug-likeness (QED) is 0.871. The Morgan fingerprint density at radius 1 is 1.33 bits per heavy atom. The summed E-state index contributed by atoms with van der Waals surface area (Å²) in [6, 6.07) is 6.98. The molecule has 0 aromatic heterocycles. The van der Waals surface area contributed by atoms with Crippen LogP contribution in [0.1, 0.15) is 30.5 Å². The number of amides is 2. The van der Waals surface area contributed by atoms with Crippen molar-refractivity contribution < 1.29 is 9.59 Å². The van der Waals surface area contributed by atoms with E-state index in [0.717, 1.165) is 11.1 Å². The van der Waals surface area contributed by atoms with E-state index in [1.54, 1.807) is 11.9 Å². The van der Waals surface area contributed by atoms with Crippen LogP contribution in [0.15, 0.2) is 24.3 Å². The summed E-state index contributed by atoms with van der Waals surface area (Å²) in [7, 11) is 1.62. The van der Waals surface area contributed by atoms with Gasteiger partial charge in [-0.1, -0.05) is 29.8 Å². The van der Waals surface area contributed by atoms with Gasteiger partial charge in [-0.05, 0) is 25.8 Å². The molecule has 1 saturated heterocycles. The second-order valence-corrected chi connectivity index (χ2v) is 6.04. The Hall–Kier alpha value is -1.88. The second-order valence-electron chi connectivity index (χ2n) is 6.04. The van der Waals surface area contributed by atoms with Gasteiger partial charge in [0, 0.05) is 20.1 Å². The lowest BCUT2D eigenvalue weighted by atomic mass is 9.89. The molecular weight excluding hydrogens is 266 g/mol. The molecule has 1 aliphatic rings. The molecule has 2 unspecified atom stereocenters. The van der Waals surface area contributed by atoms with Crippen LogP contribution >= 0.6 is 0 Å². The molecule has 3 N–H and O–H groups in total. The van der Waals surface area contributed by atoms with Gasteiger partial charge in [-0.2, -0.15) is 0 Å². The zero-order valence-corrected chi connectivity index (χ0v) is 12.8. The molecular formula is C16H23N3O2. The molecule has 0 radical (unpaired) electrons. The number of carbonyl (C=O) groups is 2. The topological polar surface area (TPSA) is 75.4 Å². The monoisotopic (exact) mass is 289 g/mol. The average Bonchev–Trinajstić information content (AvgIpc) is 2.89. The molecule has 0 aliphatic carbocycles. The fourth-order valence-electron chi connectivity index (χ4n) is 2.75. The molecule has 1 aromatic rings. The highest BCUT2D eigenvalue weighted by Gasteiger charge is 2.42. The molecule has 0 bridgehead atoms. The van der Waals surface area contributed by atoms with Crippen LogP contribution < -0.4 is 11.1 Å². The third kappa shape index (κ3) is 3.08. The standard InChI is InChI=1S/C16H23N3O2/c1-11-4-6-12(7-5-11)13(17)14(20)19-9-8-16(2,10-19)15(21)18-3/h4-7,13H,8-10,17H2,1-3H3,(H,18,21). The summed E-state index contributed by atoms with van der Waals surface area (Å²) in [5, 5.41) is 2.67. The Balaban J connectivity index is 2.07. The number of hydrogen-bond acceptors (Lipinski definition) is 3. The van der Waals surface area contributed by atoms with Crippen LogP contribution in [0.25, 0.3) is 0 Å². The minimum atomic E-state index is -0.669. The van der Waals surface area contributed by atoms with E-state index >= 15 is 0 Å². The van der Waals surface area contributed by atoms with E-state index in [4.69, 9.17) is 5.73 Å². The van der Waals surface area contributed by atoms with E-state index in [1.165, 1.54) is 0 Å². The van der Waals surface area contributed by atoms with Gasteiger partial charge >= 0.3 is 0 Å². The zero-order valence-electron chi connectivity index (χ0n) is 12.8. The second kappa shape index (κ2) is 5.85. The number of aryl methyl sites for hydroxylation is 1. The molecule has 0 saturated carbocycles. The molecule has 21 heavy (non-hydrogen) atoms. The van der Waals surface area contributed by atoms with Crippen LogP contribution in [0.2, 0.25) is 0 Å². The van der Waals surface area contributed by atoms with Crippen LogP contribution in [-0.2, 0) is 9.59 Å². The molecule has 1 aliphatic heterocycles. The largest absolute Gasteiger partial charge is 0.359 e. The van der Waals surface area contributed by atoms with Gasteiger partial charge in [-0.15, -0.1) is 0 Å². The summed E-state index contributed by atoms with van der Waals surface area (Å²) in [5.74, 6) is -0.145. The van der Waals surface area contributed by atoms with E-state index in [9.17, 15) is 9.59 Å². The Morgan fingerprint density at radius 3 is 2.52 bits per heavy atom. The van der Waals surface area contributed by atoms with Crippen molar-refractivity contribution in [1.29, 1.82) is 0 Å². The Bertz CT molecular complexity index is 541. The number of carbonyl (C=O) groups excluding carboxylic acids is 2. The smallest absolute Gasteiger partial charge is 0.244 e. The summed E-state index contributed by atoms with van der Waals surface area (Å²) in [5.41, 5.74) is 7.49. The summed E-state index contributed by atoms with van der Waals surface area (Å²) < 4.78 is 0. The normalized spacial score (nSPS) is 23.0. The van der Waals surface area contributed by atoms with E-state index in [-0.39, 0.29) is 11.8 Å². The lowest BCUT2D eigenvalue weighted by Crippen LogP contribution is -2.42. The maximum atomic E-state index is 12.5. The van der Waals surface area contributed by atoms with Crippen LogP contribution in [0.5, 0.6) is 0 Å². The summed E-state index contributed by atoms with van der Waals surface area (Å²) in [6.07, 6.45) is 0.666. The number of nitrogens with one attached hydrogen (secondary N) is 1. The number of benzene rings is 1. The van der Waals surface area contributed by atoms with Crippen molar-refractivity contribution in [1.82, 2.24) is 10.2 Å². The average molecular weight is 289 g/mol. The third-order valence-electron chi connectivity index (χ3n) is 4.26. The Labute approximate surface area is 125 Å². The highest BCUT2D eigenvalue weighted by Crippen LogP contribution is 2.31. The molecule has 1 fully saturated rings. The van der Waals surface area contributed by atoms with Crippen LogP contribution in [0.3, 0.4) is 0 Å². The first-order valence-electron chi connectivity index (χ1n) is 7.20. The lowest BCUT2D eigenvalue weighted by molar-refractivity contribution is -0.133. The van der Waals surface area contributed by atoms with Crippen molar-refractivity contribution in [3.05, 3.63) is 35.4 Å².